The van der Waals surface area contributed by atoms with Gasteiger partial charge in [-0.25, -0.2) is 4.39 Å². The van der Waals surface area contributed by atoms with Crippen molar-refractivity contribution in [1.82, 2.24) is 5.43 Å². The van der Waals surface area contributed by atoms with E-state index in [-0.39, 0.29) is 11.9 Å². The van der Waals surface area contributed by atoms with Gasteiger partial charge in [0.05, 0.1) is 18.2 Å². The highest BCUT2D eigenvalue weighted by Gasteiger charge is 2.13. The molecule has 3 nitrogen and oxygen atoms in total. The van der Waals surface area contributed by atoms with E-state index in [1.807, 2.05) is 18.2 Å². The topological polar surface area (TPSA) is 47.3 Å². The summed E-state index contributed by atoms with van der Waals surface area (Å²) in [5.74, 6) is 5.93. The summed E-state index contributed by atoms with van der Waals surface area (Å²) in [5.41, 5.74) is 4.53. The lowest BCUT2D eigenvalue weighted by Gasteiger charge is -2.17. The molecule has 2 aromatic rings. The molecule has 0 radical (unpaired) electrons. The van der Waals surface area contributed by atoms with Crippen molar-refractivity contribution < 1.29 is 9.13 Å². The van der Waals surface area contributed by atoms with Gasteiger partial charge in [-0.15, -0.1) is 0 Å². The van der Waals surface area contributed by atoms with Gasteiger partial charge in [-0.3, -0.25) is 11.3 Å². The summed E-state index contributed by atoms with van der Waals surface area (Å²) in [7, 11) is 1.56. The van der Waals surface area contributed by atoms with Crippen molar-refractivity contribution in [2.75, 3.05) is 7.11 Å². The van der Waals surface area contributed by atoms with Crippen LogP contribution in [-0.4, -0.2) is 7.11 Å². The number of rotatable bonds is 5. The van der Waals surface area contributed by atoms with Gasteiger partial charge in [0.25, 0.3) is 0 Å². The summed E-state index contributed by atoms with van der Waals surface area (Å²) in [6.07, 6.45) is 0.568. The van der Waals surface area contributed by atoms with Crippen LogP contribution in [0.2, 0.25) is 5.02 Å². The monoisotopic (exact) mass is 294 g/mol. The zero-order valence-corrected chi connectivity index (χ0v) is 11.8. The molecule has 106 valence electrons. The minimum atomic E-state index is -0.257. The molecule has 20 heavy (non-hydrogen) atoms. The van der Waals surface area contributed by atoms with Gasteiger partial charge >= 0.3 is 0 Å². The zero-order chi connectivity index (χ0) is 14.5. The minimum absolute atomic E-state index is 0.150. The molecule has 0 saturated carbocycles. The molecule has 0 aliphatic heterocycles. The third-order valence-corrected chi connectivity index (χ3v) is 3.42. The van der Waals surface area contributed by atoms with Crippen LogP contribution in [-0.2, 0) is 6.42 Å². The number of ether oxygens (including phenoxy) is 1. The largest absolute Gasteiger partial charge is 0.495 e. The Labute approximate surface area is 122 Å². The van der Waals surface area contributed by atoms with Gasteiger partial charge in [0.1, 0.15) is 11.6 Å². The van der Waals surface area contributed by atoms with E-state index in [0.717, 1.165) is 11.1 Å². The average Bonchev–Trinajstić information content (AvgIpc) is 2.45. The maximum Gasteiger partial charge on any atom is 0.137 e. The summed E-state index contributed by atoms with van der Waals surface area (Å²) in [6.45, 7) is 0. The Balaban J connectivity index is 2.24. The molecule has 0 aliphatic rings. The second-order valence-electron chi connectivity index (χ2n) is 4.45. The molecule has 1 atom stereocenters. The molecular formula is C15H16ClFN2O. The molecule has 0 bridgehead atoms. The summed E-state index contributed by atoms with van der Waals surface area (Å²) >= 11 is 6.00. The van der Waals surface area contributed by atoms with E-state index in [0.29, 0.717) is 17.2 Å². The van der Waals surface area contributed by atoms with Crippen LogP contribution >= 0.6 is 11.6 Å². The maximum atomic E-state index is 13.2. The Morgan fingerprint density at radius 1 is 1.30 bits per heavy atom. The first-order valence-electron chi connectivity index (χ1n) is 6.18. The molecule has 2 rings (SSSR count). The average molecular weight is 295 g/mol. The Morgan fingerprint density at radius 2 is 2.10 bits per heavy atom. The minimum Gasteiger partial charge on any atom is -0.495 e. The van der Waals surface area contributed by atoms with E-state index in [2.05, 4.69) is 5.43 Å². The lowest BCUT2D eigenvalue weighted by atomic mass is 9.99. The maximum absolute atomic E-state index is 13.2. The van der Waals surface area contributed by atoms with Crippen LogP contribution in [0.15, 0.2) is 42.5 Å². The molecule has 0 aliphatic carbocycles. The van der Waals surface area contributed by atoms with Crippen LogP contribution < -0.4 is 16.0 Å². The van der Waals surface area contributed by atoms with Gasteiger partial charge < -0.3 is 4.74 Å². The fourth-order valence-corrected chi connectivity index (χ4v) is 2.26. The van der Waals surface area contributed by atoms with E-state index in [1.54, 1.807) is 19.2 Å². The first-order valence-corrected chi connectivity index (χ1v) is 6.56. The molecular weight excluding hydrogens is 279 g/mol. The van der Waals surface area contributed by atoms with Gasteiger partial charge in [0, 0.05) is 0 Å². The van der Waals surface area contributed by atoms with Crippen LogP contribution in [0.4, 0.5) is 4.39 Å². The van der Waals surface area contributed by atoms with Crippen molar-refractivity contribution in [1.29, 1.82) is 0 Å². The van der Waals surface area contributed by atoms with E-state index >= 15 is 0 Å². The molecule has 0 aromatic heterocycles. The third-order valence-electron chi connectivity index (χ3n) is 3.11. The van der Waals surface area contributed by atoms with Crippen LogP contribution in [0, 0.1) is 5.82 Å². The second kappa shape index (κ2) is 6.70. The SMILES string of the molecule is COc1cc(C(Cc2cccc(F)c2)NN)ccc1Cl. The van der Waals surface area contributed by atoms with Crippen molar-refractivity contribution in [3.8, 4) is 5.75 Å². The van der Waals surface area contributed by atoms with Gasteiger partial charge in [0.2, 0.25) is 0 Å². The van der Waals surface area contributed by atoms with Gasteiger partial charge in [-0.1, -0.05) is 29.8 Å². The lowest BCUT2D eigenvalue weighted by molar-refractivity contribution is 0.413. The quantitative estimate of drug-likeness (QED) is 0.657. The predicted octanol–water partition coefficient (Wildman–Crippen LogP) is 3.23. The van der Waals surface area contributed by atoms with Gasteiger partial charge in [0.15, 0.2) is 0 Å². The summed E-state index contributed by atoms with van der Waals surface area (Å²) in [4.78, 5) is 0. The summed E-state index contributed by atoms with van der Waals surface area (Å²) in [6, 6.07) is 11.8. The van der Waals surface area contributed by atoms with Crippen molar-refractivity contribution in [3.63, 3.8) is 0 Å². The Hall–Kier alpha value is -1.62. The van der Waals surface area contributed by atoms with E-state index in [9.17, 15) is 4.39 Å². The number of hydrogen-bond acceptors (Lipinski definition) is 3. The fourth-order valence-electron chi connectivity index (χ4n) is 2.07. The summed E-state index contributed by atoms with van der Waals surface area (Å²) in [5, 5.41) is 0.540. The predicted molar refractivity (Wildman–Crippen MR) is 78.2 cm³/mol. The Morgan fingerprint density at radius 3 is 2.75 bits per heavy atom. The highest BCUT2D eigenvalue weighted by molar-refractivity contribution is 6.32. The number of hydrogen-bond donors (Lipinski definition) is 2. The lowest BCUT2D eigenvalue weighted by Crippen LogP contribution is -2.29. The fraction of sp³-hybridized carbons (Fsp3) is 0.200. The smallest absolute Gasteiger partial charge is 0.137 e. The number of benzene rings is 2. The van der Waals surface area contributed by atoms with Gasteiger partial charge in [-0.2, -0.15) is 0 Å². The zero-order valence-electron chi connectivity index (χ0n) is 11.1. The first-order chi connectivity index (χ1) is 9.63. The Bertz CT molecular complexity index is 592. The molecule has 0 saturated heterocycles. The first kappa shape index (κ1) is 14.8. The van der Waals surface area contributed by atoms with Crippen molar-refractivity contribution in [2.45, 2.75) is 12.5 Å². The Kier molecular flexibility index (Phi) is 4.95. The number of hydrazine groups is 1. The molecule has 2 aromatic carbocycles. The molecule has 1 unspecified atom stereocenters. The highest BCUT2D eigenvalue weighted by atomic mass is 35.5. The number of methoxy groups -OCH3 is 1. The second-order valence-corrected chi connectivity index (χ2v) is 4.85. The van der Waals surface area contributed by atoms with Crippen LogP contribution in [0.3, 0.4) is 0 Å². The number of nitrogens with one attached hydrogen (secondary N) is 1. The molecule has 0 amide bonds. The number of nitrogens with two attached hydrogens (primary N) is 1. The van der Waals surface area contributed by atoms with Crippen LogP contribution in [0.25, 0.3) is 0 Å². The molecule has 3 N–H and O–H groups in total. The molecule has 0 spiro atoms. The normalized spacial score (nSPS) is 12.2. The third kappa shape index (κ3) is 3.48. The van der Waals surface area contributed by atoms with Gasteiger partial charge in [-0.05, 0) is 41.8 Å². The number of halogens is 2. The van der Waals surface area contributed by atoms with E-state index in [1.165, 1.54) is 12.1 Å². The van der Waals surface area contributed by atoms with E-state index < -0.39 is 0 Å². The molecule has 0 heterocycles. The standard InChI is InChI=1S/C15H16ClFN2O/c1-20-15-9-11(5-6-13(15)16)14(19-18)8-10-3-2-4-12(17)7-10/h2-7,9,14,19H,8,18H2,1H3. The van der Waals surface area contributed by atoms with Crippen molar-refractivity contribution in [3.05, 3.63) is 64.4 Å². The van der Waals surface area contributed by atoms with Crippen molar-refractivity contribution in [2.24, 2.45) is 5.84 Å². The van der Waals surface area contributed by atoms with Crippen LogP contribution in [0.5, 0.6) is 5.75 Å². The summed E-state index contributed by atoms with van der Waals surface area (Å²) < 4.78 is 18.4. The van der Waals surface area contributed by atoms with Crippen LogP contribution in [0.1, 0.15) is 17.2 Å². The van der Waals surface area contributed by atoms with E-state index in [4.69, 9.17) is 22.2 Å². The molecule has 0 fully saturated rings. The van der Waals surface area contributed by atoms with Crippen molar-refractivity contribution >= 4 is 11.6 Å². The highest BCUT2D eigenvalue weighted by Crippen LogP contribution is 2.28. The molecule has 5 heteroatoms.